The van der Waals surface area contributed by atoms with E-state index in [1.165, 1.54) is 22.5 Å². The van der Waals surface area contributed by atoms with Gasteiger partial charge in [-0.25, -0.2) is 4.98 Å². The predicted molar refractivity (Wildman–Crippen MR) is 76.4 cm³/mol. The van der Waals surface area contributed by atoms with Crippen molar-refractivity contribution in [2.75, 3.05) is 0 Å². The van der Waals surface area contributed by atoms with Crippen LogP contribution in [0, 0.1) is 6.92 Å². The molecule has 0 amide bonds. The van der Waals surface area contributed by atoms with Crippen molar-refractivity contribution < 1.29 is 4.79 Å². The second-order valence-electron chi connectivity index (χ2n) is 5.48. The third-order valence-corrected chi connectivity index (χ3v) is 3.86. The molecule has 0 spiro atoms. The van der Waals surface area contributed by atoms with Gasteiger partial charge in [0.15, 0.2) is 6.29 Å². The maximum Gasteiger partial charge on any atom is 0.169 e. The van der Waals surface area contributed by atoms with E-state index in [0.29, 0.717) is 5.69 Å². The minimum absolute atomic E-state index is 0.153. The summed E-state index contributed by atoms with van der Waals surface area (Å²) in [5.74, 6) is 0. The van der Waals surface area contributed by atoms with E-state index < -0.39 is 0 Å². The average Bonchev–Trinajstić information content (AvgIpc) is 2.76. The second-order valence-corrected chi connectivity index (χ2v) is 6.33. The number of carbonyl (C=O) groups is 1. The highest BCUT2D eigenvalue weighted by molar-refractivity contribution is 7.13. The molecule has 1 aromatic heterocycles. The van der Waals surface area contributed by atoms with Gasteiger partial charge in [-0.3, -0.25) is 4.79 Å². The Labute approximate surface area is 112 Å². The van der Waals surface area contributed by atoms with Crippen LogP contribution in [0.2, 0.25) is 0 Å². The zero-order valence-electron chi connectivity index (χ0n) is 11.2. The molecule has 94 valence electrons. The SMILES string of the molecule is Cc1cc(C(C)(C)C)ccc1-c1nc(C=O)cs1. The van der Waals surface area contributed by atoms with Gasteiger partial charge in [0.05, 0.1) is 0 Å². The molecule has 0 aliphatic heterocycles. The number of hydrogen-bond acceptors (Lipinski definition) is 3. The lowest BCUT2D eigenvalue weighted by molar-refractivity contribution is 0.111. The fourth-order valence-corrected chi connectivity index (χ4v) is 2.69. The molecule has 0 aliphatic rings. The van der Waals surface area contributed by atoms with Crippen molar-refractivity contribution in [3.63, 3.8) is 0 Å². The smallest absolute Gasteiger partial charge is 0.169 e. The van der Waals surface area contributed by atoms with Crippen LogP contribution in [0.3, 0.4) is 0 Å². The van der Waals surface area contributed by atoms with Gasteiger partial charge in [-0.05, 0) is 23.5 Å². The molecule has 2 nitrogen and oxygen atoms in total. The fourth-order valence-electron chi connectivity index (χ4n) is 1.83. The summed E-state index contributed by atoms with van der Waals surface area (Å²) in [5, 5.41) is 2.70. The predicted octanol–water partition coefficient (Wildman–Crippen LogP) is 4.23. The van der Waals surface area contributed by atoms with Crippen molar-refractivity contribution in [2.45, 2.75) is 33.1 Å². The van der Waals surface area contributed by atoms with Gasteiger partial charge in [0, 0.05) is 10.9 Å². The van der Waals surface area contributed by atoms with Crippen LogP contribution in [0.5, 0.6) is 0 Å². The molecule has 0 saturated heterocycles. The first-order chi connectivity index (χ1) is 8.41. The lowest BCUT2D eigenvalue weighted by Crippen LogP contribution is -2.11. The average molecular weight is 259 g/mol. The van der Waals surface area contributed by atoms with Crippen LogP contribution in [-0.4, -0.2) is 11.3 Å². The molecule has 2 rings (SSSR count). The van der Waals surface area contributed by atoms with Crippen molar-refractivity contribution >= 4 is 17.6 Å². The van der Waals surface area contributed by atoms with Gasteiger partial charge < -0.3 is 0 Å². The van der Waals surface area contributed by atoms with Crippen molar-refractivity contribution in [3.05, 3.63) is 40.4 Å². The monoisotopic (exact) mass is 259 g/mol. The molecule has 2 aromatic rings. The zero-order chi connectivity index (χ0) is 13.3. The Hall–Kier alpha value is -1.48. The fraction of sp³-hybridized carbons (Fsp3) is 0.333. The van der Waals surface area contributed by atoms with Crippen LogP contribution in [0.4, 0.5) is 0 Å². The molecule has 0 radical (unpaired) electrons. The van der Waals surface area contributed by atoms with E-state index in [-0.39, 0.29) is 5.41 Å². The zero-order valence-corrected chi connectivity index (χ0v) is 12.0. The molecule has 0 atom stereocenters. The number of thiazole rings is 1. The Morgan fingerprint density at radius 2 is 2.00 bits per heavy atom. The lowest BCUT2D eigenvalue weighted by atomic mass is 9.85. The van der Waals surface area contributed by atoms with Crippen molar-refractivity contribution in [3.8, 4) is 10.6 Å². The summed E-state index contributed by atoms with van der Waals surface area (Å²) < 4.78 is 0. The Bertz CT molecular complexity index is 578. The Morgan fingerprint density at radius 3 is 2.50 bits per heavy atom. The number of aryl methyl sites for hydroxylation is 1. The van der Waals surface area contributed by atoms with E-state index in [0.717, 1.165) is 16.9 Å². The van der Waals surface area contributed by atoms with Crippen LogP contribution in [0.15, 0.2) is 23.6 Å². The van der Waals surface area contributed by atoms with Gasteiger partial charge in [0.2, 0.25) is 0 Å². The molecule has 3 heteroatoms. The van der Waals surface area contributed by atoms with Gasteiger partial charge in [0.1, 0.15) is 10.7 Å². The molecular weight excluding hydrogens is 242 g/mol. The first kappa shape index (κ1) is 13.0. The number of hydrogen-bond donors (Lipinski definition) is 0. The van der Waals surface area contributed by atoms with E-state index in [1.807, 2.05) is 0 Å². The van der Waals surface area contributed by atoms with Gasteiger partial charge >= 0.3 is 0 Å². The van der Waals surface area contributed by atoms with E-state index in [4.69, 9.17) is 0 Å². The van der Waals surface area contributed by atoms with Crippen LogP contribution in [0.25, 0.3) is 10.6 Å². The first-order valence-electron chi connectivity index (χ1n) is 5.94. The minimum Gasteiger partial charge on any atom is -0.296 e. The largest absolute Gasteiger partial charge is 0.296 e. The Morgan fingerprint density at radius 1 is 1.28 bits per heavy atom. The van der Waals surface area contributed by atoms with E-state index >= 15 is 0 Å². The minimum atomic E-state index is 0.153. The summed E-state index contributed by atoms with van der Waals surface area (Å²) in [5.41, 5.74) is 4.29. The number of aldehydes is 1. The number of aromatic nitrogens is 1. The number of benzene rings is 1. The van der Waals surface area contributed by atoms with E-state index in [1.54, 1.807) is 5.38 Å². The standard InChI is InChI=1S/C15H17NOS/c1-10-7-11(15(2,3)4)5-6-13(10)14-16-12(8-17)9-18-14/h5-9H,1-4H3. The molecule has 18 heavy (non-hydrogen) atoms. The maximum atomic E-state index is 10.7. The summed E-state index contributed by atoms with van der Waals surface area (Å²) in [4.78, 5) is 15.0. The highest BCUT2D eigenvalue weighted by Gasteiger charge is 2.15. The Balaban J connectivity index is 2.44. The number of nitrogens with zero attached hydrogens (tertiary/aromatic N) is 1. The second kappa shape index (κ2) is 4.65. The first-order valence-corrected chi connectivity index (χ1v) is 6.82. The summed E-state index contributed by atoms with van der Waals surface area (Å²) in [6.07, 6.45) is 0.791. The quantitative estimate of drug-likeness (QED) is 0.755. The summed E-state index contributed by atoms with van der Waals surface area (Å²) in [6, 6.07) is 6.45. The highest BCUT2D eigenvalue weighted by Crippen LogP contribution is 2.30. The maximum absolute atomic E-state index is 10.7. The third kappa shape index (κ3) is 2.51. The normalized spacial score (nSPS) is 11.6. The lowest BCUT2D eigenvalue weighted by Gasteiger charge is -2.20. The van der Waals surface area contributed by atoms with Crippen LogP contribution in [-0.2, 0) is 5.41 Å². The van der Waals surface area contributed by atoms with Gasteiger partial charge in [-0.1, -0.05) is 39.0 Å². The molecule has 0 N–H and O–H groups in total. The third-order valence-electron chi connectivity index (χ3n) is 2.97. The Kier molecular flexibility index (Phi) is 3.35. The summed E-state index contributed by atoms with van der Waals surface area (Å²) in [7, 11) is 0. The van der Waals surface area contributed by atoms with Crippen LogP contribution >= 0.6 is 11.3 Å². The summed E-state index contributed by atoms with van der Waals surface area (Å²) in [6.45, 7) is 8.70. The molecule has 0 aliphatic carbocycles. The number of rotatable bonds is 2. The topological polar surface area (TPSA) is 30.0 Å². The van der Waals surface area contributed by atoms with Crippen LogP contribution in [0.1, 0.15) is 42.4 Å². The molecular formula is C15H17NOS. The van der Waals surface area contributed by atoms with E-state index in [2.05, 4.69) is 50.9 Å². The van der Waals surface area contributed by atoms with Crippen LogP contribution < -0.4 is 0 Å². The molecule has 0 fully saturated rings. The van der Waals surface area contributed by atoms with Crippen molar-refractivity contribution in [2.24, 2.45) is 0 Å². The van der Waals surface area contributed by atoms with Gasteiger partial charge in [0.25, 0.3) is 0 Å². The molecule has 0 unspecified atom stereocenters. The van der Waals surface area contributed by atoms with Crippen molar-refractivity contribution in [1.82, 2.24) is 4.98 Å². The van der Waals surface area contributed by atoms with Gasteiger partial charge in [-0.2, -0.15) is 0 Å². The highest BCUT2D eigenvalue weighted by atomic mass is 32.1. The molecule has 0 bridgehead atoms. The van der Waals surface area contributed by atoms with Gasteiger partial charge in [-0.15, -0.1) is 11.3 Å². The van der Waals surface area contributed by atoms with E-state index in [9.17, 15) is 4.79 Å². The molecule has 0 saturated carbocycles. The number of carbonyl (C=O) groups excluding carboxylic acids is 1. The molecule has 1 heterocycles. The van der Waals surface area contributed by atoms with Crippen molar-refractivity contribution in [1.29, 1.82) is 0 Å². The summed E-state index contributed by atoms with van der Waals surface area (Å²) >= 11 is 1.51. The molecule has 1 aromatic carbocycles.